The van der Waals surface area contributed by atoms with Gasteiger partial charge >= 0.3 is 0 Å². The minimum Gasteiger partial charge on any atom is -0.504 e. The Hall–Kier alpha value is -3.31. The van der Waals surface area contributed by atoms with Crippen molar-refractivity contribution in [1.29, 1.82) is 0 Å². The molecule has 3 aliphatic rings. The molecule has 0 spiro atoms. The summed E-state index contributed by atoms with van der Waals surface area (Å²) in [6.07, 6.45) is 2.73. The Labute approximate surface area is 256 Å². The number of hydrogen-bond acceptors (Lipinski definition) is 8. The molecule has 1 amide bonds. The first kappa shape index (κ1) is 31.1. The summed E-state index contributed by atoms with van der Waals surface area (Å²) in [7, 11) is 0. The van der Waals surface area contributed by atoms with Crippen LogP contribution in [-0.4, -0.2) is 77.9 Å². The third-order valence-corrected chi connectivity index (χ3v) is 9.49. The molecular weight excluding hydrogens is 569 g/mol. The van der Waals surface area contributed by atoms with Gasteiger partial charge in [-0.05, 0) is 73.3 Å². The number of allylic oxidation sites excluding steroid dienone is 1. The lowest BCUT2D eigenvalue weighted by Crippen LogP contribution is -2.56. The number of rotatable bonds is 11. The molecule has 0 bridgehead atoms. The molecular formula is C33H38FN3O5S. The van der Waals surface area contributed by atoms with Gasteiger partial charge in [0.05, 0.1) is 24.8 Å². The quantitative estimate of drug-likeness (QED) is 0.167. The number of fused-ring (bicyclic) bond motifs is 2. The van der Waals surface area contributed by atoms with Crippen molar-refractivity contribution < 1.29 is 28.6 Å². The molecule has 10 heteroatoms. The number of ether oxygens (including phenoxy) is 1. The van der Waals surface area contributed by atoms with Crippen LogP contribution in [0.4, 0.5) is 4.39 Å². The molecule has 3 aliphatic heterocycles. The predicted octanol–water partition coefficient (Wildman–Crippen LogP) is 4.48. The lowest BCUT2D eigenvalue weighted by atomic mass is 9.91. The number of carbonyl (C=O) groups is 3. The zero-order chi connectivity index (χ0) is 30.5. The first-order valence-electron chi connectivity index (χ1n) is 14.8. The third kappa shape index (κ3) is 6.93. The van der Waals surface area contributed by atoms with Crippen molar-refractivity contribution in [3.8, 4) is 0 Å². The van der Waals surface area contributed by atoms with Crippen LogP contribution in [0, 0.1) is 5.82 Å². The number of nitrogens with zero attached hydrogens (tertiary/aromatic N) is 2. The van der Waals surface area contributed by atoms with Crippen LogP contribution in [-0.2, 0) is 31.3 Å². The van der Waals surface area contributed by atoms with E-state index in [2.05, 4.69) is 16.8 Å². The van der Waals surface area contributed by atoms with Gasteiger partial charge in [-0.3, -0.25) is 19.7 Å². The smallest absolute Gasteiger partial charge is 0.251 e. The summed E-state index contributed by atoms with van der Waals surface area (Å²) < 4.78 is 20.5. The topological polar surface area (TPSA) is 99.2 Å². The van der Waals surface area contributed by atoms with Gasteiger partial charge in [0.25, 0.3) is 5.91 Å². The van der Waals surface area contributed by atoms with Gasteiger partial charge in [-0.25, -0.2) is 4.39 Å². The van der Waals surface area contributed by atoms with Crippen LogP contribution in [0.1, 0.15) is 54.5 Å². The molecule has 43 heavy (non-hydrogen) atoms. The summed E-state index contributed by atoms with van der Waals surface area (Å²) in [5.74, 6) is -2.40. The second kappa shape index (κ2) is 14.0. The number of halogens is 1. The van der Waals surface area contributed by atoms with Crippen molar-refractivity contribution >= 4 is 29.2 Å². The number of aliphatic hydroxyl groups is 1. The third-order valence-electron chi connectivity index (χ3n) is 8.38. The maximum Gasteiger partial charge on any atom is 0.251 e. The number of ketones is 2. The highest BCUT2D eigenvalue weighted by Gasteiger charge is 2.33. The van der Waals surface area contributed by atoms with Crippen LogP contribution < -0.4 is 5.32 Å². The zero-order valence-electron chi connectivity index (χ0n) is 24.4. The highest BCUT2D eigenvalue weighted by molar-refractivity contribution is 7.98. The molecule has 2 atom stereocenters. The molecule has 0 unspecified atom stereocenters. The van der Waals surface area contributed by atoms with E-state index in [0.717, 1.165) is 53.7 Å². The monoisotopic (exact) mass is 607 g/mol. The van der Waals surface area contributed by atoms with Crippen LogP contribution in [0.5, 0.6) is 0 Å². The number of Topliss-reactive ketones (excluding diaryl/α,β-unsaturated/α-hetero) is 2. The summed E-state index contributed by atoms with van der Waals surface area (Å²) >= 11 is 1.65. The molecule has 228 valence electrons. The number of aliphatic hydroxyl groups excluding tert-OH is 1. The minimum atomic E-state index is -0.946. The van der Waals surface area contributed by atoms with Gasteiger partial charge in [0.2, 0.25) is 5.78 Å². The van der Waals surface area contributed by atoms with Crippen LogP contribution in [0.2, 0.25) is 0 Å². The van der Waals surface area contributed by atoms with E-state index in [4.69, 9.17) is 4.74 Å². The molecule has 0 radical (unpaired) electrons. The lowest BCUT2D eigenvalue weighted by molar-refractivity contribution is -0.136. The maximum atomic E-state index is 14.8. The summed E-state index contributed by atoms with van der Waals surface area (Å²) in [6, 6.07) is 10.9. The predicted molar refractivity (Wildman–Crippen MR) is 163 cm³/mol. The van der Waals surface area contributed by atoms with Gasteiger partial charge in [0, 0.05) is 29.7 Å². The van der Waals surface area contributed by atoms with E-state index in [9.17, 15) is 23.9 Å². The SMILES string of the molecule is C=C(C(=O)CCCN1CCC1)C(=O)/C(O)=C/C(=O)N1CCOC[C@H]1N[C@@H]1c2ccccc2SCc2c1ccc(F)c2CC. The van der Waals surface area contributed by atoms with E-state index in [-0.39, 0.29) is 43.6 Å². The average Bonchev–Trinajstić information content (AvgIpc) is 3.14. The minimum absolute atomic E-state index is 0.157. The Morgan fingerprint density at radius 3 is 2.70 bits per heavy atom. The molecule has 0 aliphatic carbocycles. The van der Waals surface area contributed by atoms with Crippen LogP contribution in [0.3, 0.4) is 0 Å². The number of amides is 1. The van der Waals surface area contributed by atoms with E-state index < -0.39 is 29.4 Å². The standard InChI is InChI=1S/C33H38FN3O5S/c1-3-22-25-20-43-29-10-5-4-8-24(29)32(23(25)11-12-26(22)34)35-30-19-42-17-16-37(30)31(40)18-28(39)33(41)21(2)27(38)9-6-13-36-14-7-15-36/h4-5,8,10-12,18,30,32,35,39H,2-3,6-7,9,13-17,19-20H2,1H3/b28-18-/t30-,32-/m0/s1. The van der Waals surface area contributed by atoms with Gasteiger partial charge < -0.3 is 19.6 Å². The Kier molecular flexibility index (Phi) is 10.1. The molecule has 2 N–H and O–H groups in total. The molecule has 2 aromatic rings. The Morgan fingerprint density at radius 1 is 1.16 bits per heavy atom. The molecule has 0 aromatic heterocycles. The molecule has 2 fully saturated rings. The first-order chi connectivity index (χ1) is 20.8. The zero-order valence-corrected chi connectivity index (χ0v) is 25.3. The molecule has 3 heterocycles. The Morgan fingerprint density at radius 2 is 1.95 bits per heavy atom. The van der Waals surface area contributed by atoms with Gasteiger partial charge in [0.1, 0.15) is 12.0 Å². The molecule has 5 rings (SSSR count). The highest BCUT2D eigenvalue weighted by Crippen LogP contribution is 2.41. The fourth-order valence-electron chi connectivity index (χ4n) is 5.82. The van der Waals surface area contributed by atoms with Gasteiger partial charge in [0.15, 0.2) is 11.5 Å². The van der Waals surface area contributed by atoms with Crippen molar-refractivity contribution in [3.05, 3.63) is 88.5 Å². The van der Waals surface area contributed by atoms with E-state index in [1.807, 2.05) is 31.2 Å². The van der Waals surface area contributed by atoms with Gasteiger partial charge in [-0.15, -0.1) is 11.8 Å². The van der Waals surface area contributed by atoms with Crippen molar-refractivity contribution in [2.75, 3.05) is 39.4 Å². The van der Waals surface area contributed by atoms with E-state index in [0.29, 0.717) is 24.2 Å². The largest absolute Gasteiger partial charge is 0.504 e. The number of thioether (sulfide) groups is 1. The van der Waals surface area contributed by atoms with Crippen molar-refractivity contribution in [2.45, 2.75) is 55.5 Å². The number of benzene rings is 2. The summed E-state index contributed by atoms with van der Waals surface area (Å²) in [5, 5.41) is 14.1. The van der Waals surface area contributed by atoms with E-state index >= 15 is 0 Å². The Bertz CT molecular complexity index is 1440. The fraction of sp³-hybridized carbons (Fsp3) is 0.424. The van der Waals surface area contributed by atoms with Gasteiger partial charge in [-0.1, -0.05) is 37.8 Å². The number of morpholine rings is 1. The second-order valence-corrected chi connectivity index (χ2v) is 12.1. The van der Waals surface area contributed by atoms with Crippen molar-refractivity contribution in [2.24, 2.45) is 0 Å². The maximum absolute atomic E-state index is 14.8. The summed E-state index contributed by atoms with van der Waals surface area (Å²) in [4.78, 5) is 43.5. The van der Waals surface area contributed by atoms with Crippen LogP contribution in [0.25, 0.3) is 0 Å². The van der Waals surface area contributed by atoms with Crippen LogP contribution in [0.15, 0.2) is 65.3 Å². The molecule has 0 saturated carbocycles. The van der Waals surface area contributed by atoms with Gasteiger partial charge in [-0.2, -0.15) is 0 Å². The number of hydrogen-bond donors (Lipinski definition) is 2. The second-order valence-electron chi connectivity index (χ2n) is 11.1. The van der Waals surface area contributed by atoms with E-state index in [1.165, 1.54) is 11.0 Å². The molecule has 2 saturated heterocycles. The normalized spacial score (nSPS) is 20.4. The molecule has 2 aromatic carbocycles. The summed E-state index contributed by atoms with van der Waals surface area (Å²) in [6.45, 7) is 9.05. The number of likely N-dealkylation sites (tertiary alicyclic amines) is 1. The first-order valence-corrected chi connectivity index (χ1v) is 15.8. The summed E-state index contributed by atoms with van der Waals surface area (Å²) in [5.41, 5.74) is 3.23. The number of carbonyl (C=O) groups excluding carboxylic acids is 3. The van der Waals surface area contributed by atoms with Crippen LogP contribution >= 0.6 is 11.8 Å². The number of nitrogens with one attached hydrogen (secondary N) is 1. The van der Waals surface area contributed by atoms with Crippen molar-refractivity contribution in [1.82, 2.24) is 15.1 Å². The Balaban J connectivity index is 1.33. The fourth-order valence-corrected chi connectivity index (χ4v) is 6.99. The van der Waals surface area contributed by atoms with E-state index in [1.54, 1.807) is 17.8 Å². The highest BCUT2D eigenvalue weighted by atomic mass is 32.2. The molecule has 8 nitrogen and oxygen atoms in total. The lowest BCUT2D eigenvalue weighted by Gasteiger charge is -2.38. The van der Waals surface area contributed by atoms with Crippen molar-refractivity contribution in [3.63, 3.8) is 0 Å². The average molecular weight is 608 g/mol.